The van der Waals surface area contributed by atoms with Gasteiger partial charge in [0.05, 0.1) is 99.1 Å². The van der Waals surface area contributed by atoms with Crippen LogP contribution in [-0.2, 0) is 28.4 Å². The summed E-state index contributed by atoms with van der Waals surface area (Å²) in [7, 11) is 0. The molecule has 0 fully saturated rings. The average molecular weight is 405 g/mol. The third-order valence-electron chi connectivity index (χ3n) is 2.43. The van der Waals surface area contributed by atoms with Crippen LogP contribution in [0.25, 0.3) is 0 Å². The Bertz CT molecular complexity index is 204. The molecule has 0 aromatic heterocycles. The zero-order chi connectivity index (χ0) is 19.6. The predicted octanol–water partition coefficient (Wildman–Crippen LogP) is -1.02. The molecule has 0 rings (SSSR count). The lowest BCUT2D eigenvalue weighted by molar-refractivity contribution is -0.0194. The first kappa shape index (κ1) is 28.2. The van der Waals surface area contributed by atoms with Crippen molar-refractivity contribution in [2.75, 3.05) is 105 Å². The highest BCUT2D eigenvalue weighted by Gasteiger charge is 1.93. The van der Waals surface area contributed by atoms with Gasteiger partial charge in [0.15, 0.2) is 0 Å². The molecule has 0 aliphatic heterocycles. The molecule has 9 nitrogen and oxygen atoms in total. The third-order valence-corrected chi connectivity index (χ3v) is 2.63. The first-order valence-corrected chi connectivity index (χ1v) is 9.36. The minimum Gasteiger partial charge on any atom is -0.396 e. The Hall–Kier alpha value is -0.0100. The molecule has 0 amide bonds. The fourth-order valence-electron chi connectivity index (χ4n) is 1.33. The Morgan fingerprint density at radius 3 is 0.731 bits per heavy atom. The van der Waals surface area contributed by atoms with Gasteiger partial charge >= 0.3 is 0 Å². The molecule has 0 bridgehead atoms. The lowest BCUT2D eigenvalue weighted by Crippen LogP contribution is -2.14. The highest BCUT2D eigenvalue weighted by atomic mass is 32.1. The standard InChI is InChI=1S/C14H30O8.C2H6OS/c15-1-3-17-5-7-19-9-11-21-13-14-22-12-10-20-8-6-18-4-2-16;3-1-2-4/h15-16H,1-14H2;3-4H,1-2H2. The highest BCUT2D eigenvalue weighted by Crippen LogP contribution is 1.84. The summed E-state index contributed by atoms with van der Waals surface area (Å²) in [6.07, 6.45) is 0. The highest BCUT2D eigenvalue weighted by molar-refractivity contribution is 7.80. The van der Waals surface area contributed by atoms with Crippen LogP contribution in [-0.4, -0.2) is 120 Å². The fourth-order valence-corrected chi connectivity index (χ4v) is 1.33. The molecule has 0 unspecified atom stereocenters. The Labute approximate surface area is 161 Å². The molecule has 0 aromatic carbocycles. The van der Waals surface area contributed by atoms with E-state index in [0.717, 1.165) is 0 Å². The zero-order valence-electron chi connectivity index (χ0n) is 15.6. The van der Waals surface area contributed by atoms with Crippen molar-refractivity contribution in [2.45, 2.75) is 0 Å². The molecule has 0 spiro atoms. The van der Waals surface area contributed by atoms with Crippen LogP contribution in [0.5, 0.6) is 0 Å². The van der Waals surface area contributed by atoms with Gasteiger partial charge in [0.2, 0.25) is 0 Å². The van der Waals surface area contributed by atoms with Crippen molar-refractivity contribution in [3.8, 4) is 0 Å². The number of aliphatic hydroxyl groups excluding tert-OH is 3. The number of ether oxygens (including phenoxy) is 6. The van der Waals surface area contributed by atoms with Crippen LogP contribution in [0.15, 0.2) is 0 Å². The van der Waals surface area contributed by atoms with E-state index in [2.05, 4.69) is 12.6 Å². The number of aliphatic hydroxyl groups is 3. The molecule has 160 valence electrons. The van der Waals surface area contributed by atoms with Crippen LogP contribution in [0.3, 0.4) is 0 Å². The fraction of sp³-hybridized carbons (Fsp3) is 1.00. The molecule has 3 N–H and O–H groups in total. The topological polar surface area (TPSA) is 116 Å². The molecule has 26 heavy (non-hydrogen) atoms. The van der Waals surface area contributed by atoms with E-state index in [1.807, 2.05) is 0 Å². The summed E-state index contributed by atoms with van der Waals surface area (Å²) in [4.78, 5) is 0. The van der Waals surface area contributed by atoms with Crippen LogP contribution in [0, 0.1) is 0 Å². The van der Waals surface area contributed by atoms with Crippen LogP contribution in [0.2, 0.25) is 0 Å². The largest absolute Gasteiger partial charge is 0.396 e. The summed E-state index contributed by atoms with van der Waals surface area (Å²) in [5, 5.41) is 24.8. The summed E-state index contributed by atoms with van der Waals surface area (Å²) >= 11 is 3.67. The lowest BCUT2D eigenvalue weighted by atomic mass is 10.7. The Kier molecular flexibility index (Phi) is 32.3. The van der Waals surface area contributed by atoms with Crippen molar-refractivity contribution < 1.29 is 43.7 Å². The van der Waals surface area contributed by atoms with Crippen molar-refractivity contribution in [3.05, 3.63) is 0 Å². The Balaban J connectivity index is 0. The van der Waals surface area contributed by atoms with Gasteiger partial charge in [-0.25, -0.2) is 0 Å². The number of hydrogen-bond acceptors (Lipinski definition) is 10. The van der Waals surface area contributed by atoms with Crippen molar-refractivity contribution in [1.82, 2.24) is 0 Å². The summed E-state index contributed by atoms with van der Waals surface area (Å²) < 4.78 is 31.2. The molecule has 0 saturated heterocycles. The Morgan fingerprint density at radius 2 is 0.577 bits per heavy atom. The van der Waals surface area contributed by atoms with Gasteiger partial charge < -0.3 is 43.7 Å². The van der Waals surface area contributed by atoms with E-state index in [4.69, 9.17) is 43.7 Å². The molecular weight excluding hydrogens is 368 g/mol. The van der Waals surface area contributed by atoms with Gasteiger partial charge in [0.1, 0.15) is 0 Å². The van der Waals surface area contributed by atoms with E-state index in [1.54, 1.807) is 0 Å². The SMILES string of the molecule is OCCOCCOCCOCCOCCOCCOCCO.OCCS. The third kappa shape index (κ3) is 31.7. The molecule has 0 aliphatic rings. The van der Waals surface area contributed by atoms with Gasteiger partial charge in [0, 0.05) is 5.75 Å². The second-order valence-electron chi connectivity index (χ2n) is 4.57. The molecule has 0 heterocycles. The molecule has 10 heteroatoms. The molecule has 0 saturated carbocycles. The van der Waals surface area contributed by atoms with E-state index < -0.39 is 0 Å². The normalized spacial score (nSPS) is 10.6. The smallest absolute Gasteiger partial charge is 0.0701 e. The summed E-state index contributed by atoms with van der Waals surface area (Å²) in [5.41, 5.74) is 0. The van der Waals surface area contributed by atoms with E-state index in [-0.39, 0.29) is 19.8 Å². The molecule has 0 radical (unpaired) electrons. The van der Waals surface area contributed by atoms with Crippen LogP contribution >= 0.6 is 12.6 Å². The van der Waals surface area contributed by atoms with Crippen molar-refractivity contribution >= 4 is 12.6 Å². The van der Waals surface area contributed by atoms with Gasteiger partial charge in [-0.2, -0.15) is 12.6 Å². The second-order valence-corrected chi connectivity index (χ2v) is 5.02. The molecule has 0 atom stereocenters. The number of hydrogen-bond donors (Lipinski definition) is 4. The van der Waals surface area contributed by atoms with E-state index in [0.29, 0.717) is 85.0 Å². The predicted molar refractivity (Wildman–Crippen MR) is 100 cm³/mol. The average Bonchev–Trinajstić information content (AvgIpc) is 2.67. The summed E-state index contributed by atoms with van der Waals surface area (Å²) in [6.45, 7) is 5.99. The maximum Gasteiger partial charge on any atom is 0.0701 e. The molecule has 0 aliphatic carbocycles. The van der Waals surface area contributed by atoms with Crippen molar-refractivity contribution in [2.24, 2.45) is 0 Å². The van der Waals surface area contributed by atoms with E-state index >= 15 is 0 Å². The van der Waals surface area contributed by atoms with Crippen molar-refractivity contribution in [3.63, 3.8) is 0 Å². The van der Waals surface area contributed by atoms with Crippen molar-refractivity contribution in [1.29, 1.82) is 0 Å². The van der Waals surface area contributed by atoms with Gasteiger partial charge in [-0.1, -0.05) is 0 Å². The van der Waals surface area contributed by atoms with Gasteiger partial charge in [0.25, 0.3) is 0 Å². The zero-order valence-corrected chi connectivity index (χ0v) is 16.4. The lowest BCUT2D eigenvalue weighted by Gasteiger charge is -2.07. The van der Waals surface area contributed by atoms with E-state index in [9.17, 15) is 0 Å². The molecule has 0 aromatic rings. The Morgan fingerprint density at radius 1 is 0.385 bits per heavy atom. The summed E-state index contributed by atoms with van der Waals surface area (Å²) in [5.74, 6) is 0.569. The van der Waals surface area contributed by atoms with Gasteiger partial charge in [-0.15, -0.1) is 0 Å². The second kappa shape index (κ2) is 29.7. The number of thiol groups is 1. The van der Waals surface area contributed by atoms with Crippen LogP contribution in [0.4, 0.5) is 0 Å². The maximum absolute atomic E-state index is 8.48. The quantitative estimate of drug-likeness (QED) is 0.149. The maximum atomic E-state index is 8.48. The minimum absolute atomic E-state index is 0.0334. The number of rotatable bonds is 20. The van der Waals surface area contributed by atoms with Gasteiger partial charge in [-0.3, -0.25) is 0 Å². The summed E-state index contributed by atoms with van der Waals surface area (Å²) in [6, 6.07) is 0. The first-order valence-electron chi connectivity index (χ1n) is 8.73. The van der Waals surface area contributed by atoms with E-state index in [1.165, 1.54) is 0 Å². The monoisotopic (exact) mass is 404 g/mol. The van der Waals surface area contributed by atoms with Gasteiger partial charge in [-0.05, 0) is 0 Å². The first-order chi connectivity index (χ1) is 12.8. The van der Waals surface area contributed by atoms with Crippen LogP contribution in [0.1, 0.15) is 0 Å². The minimum atomic E-state index is 0.0334. The molecular formula is C16H36O9S. The van der Waals surface area contributed by atoms with Crippen LogP contribution < -0.4 is 0 Å².